The Balaban J connectivity index is 3.27. The molecule has 0 aromatic heterocycles. The van der Waals surface area contributed by atoms with Crippen LogP contribution in [-0.4, -0.2) is 33.9 Å². The zero-order valence-electron chi connectivity index (χ0n) is 10.5. The van der Waals surface area contributed by atoms with Crippen molar-refractivity contribution in [3.05, 3.63) is 17.7 Å². The van der Waals surface area contributed by atoms with Crippen molar-refractivity contribution < 1.29 is 23.7 Å². The van der Waals surface area contributed by atoms with Gasteiger partial charge < -0.3 is 18.9 Å². The highest BCUT2D eigenvalue weighted by molar-refractivity contribution is 5.91. The Kier molecular flexibility index (Phi) is 4.88. The van der Waals surface area contributed by atoms with Crippen LogP contribution >= 0.6 is 0 Å². The minimum absolute atomic E-state index is 0.0597. The molecule has 5 heteroatoms. The Labute approximate surface area is 106 Å². The third kappa shape index (κ3) is 2.86. The summed E-state index contributed by atoms with van der Waals surface area (Å²) in [5.41, 5.74) is 0.294. The van der Waals surface area contributed by atoms with E-state index < -0.39 is 5.97 Å². The molecule has 0 radical (unpaired) electrons. The lowest BCUT2D eigenvalue weighted by Gasteiger charge is -2.14. The first-order chi connectivity index (χ1) is 8.67. The zero-order chi connectivity index (χ0) is 13.5. The number of terminal acetylenes is 1. The fourth-order valence-electron chi connectivity index (χ4n) is 1.39. The number of rotatable bonds is 5. The van der Waals surface area contributed by atoms with Gasteiger partial charge >= 0.3 is 5.97 Å². The number of esters is 1. The number of methoxy groups -OCH3 is 3. The molecular weight excluding hydrogens is 236 g/mol. The second-order valence-corrected chi connectivity index (χ2v) is 3.19. The fraction of sp³-hybridized carbons (Fsp3) is 0.308. The Bertz CT molecular complexity index is 473. The molecule has 0 spiro atoms. The summed E-state index contributed by atoms with van der Waals surface area (Å²) in [5.74, 6) is 2.91. The molecule has 1 rings (SSSR count). The van der Waals surface area contributed by atoms with Gasteiger partial charge in [0.25, 0.3) is 0 Å². The van der Waals surface area contributed by atoms with E-state index in [-0.39, 0.29) is 6.61 Å². The lowest BCUT2D eigenvalue weighted by atomic mass is 10.2. The van der Waals surface area contributed by atoms with Gasteiger partial charge in [-0.2, -0.15) is 0 Å². The van der Waals surface area contributed by atoms with E-state index in [1.165, 1.54) is 33.5 Å². The van der Waals surface area contributed by atoms with Gasteiger partial charge in [0.1, 0.15) is 6.61 Å². The minimum atomic E-state index is -0.499. The van der Waals surface area contributed by atoms with Crippen molar-refractivity contribution in [2.45, 2.75) is 0 Å². The third-order valence-corrected chi connectivity index (χ3v) is 2.18. The smallest absolute Gasteiger partial charge is 0.338 e. The van der Waals surface area contributed by atoms with Crippen molar-refractivity contribution in [1.29, 1.82) is 0 Å². The van der Waals surface area contributed by atoms with Crippen LogP contribution in [0.2, 0.25) is 0 Å². The van der Waals surface area contributed by atoms with Crippen molar-refractivity contribution in [2.24, 2.45) is 0 Å². The first kappa shape index (κ1) is 13.7. The van der Waals surface area contributed by atoms with Crippen LogP contribution in [0.25, 0.3) is 0 Å². The van der Waals surface area contributed by atoms with Gasteiger partial charge in [0, 0.05) is 0 Å². The summed E-state index contributed by atoms with van der Waals surface area (Å²) in [6.07, 6.45) is 5.12. The first-order valence-corrected chi connectivity index (χ1v) is 5.08. The molecule has 0 unspecified atom stereocenters. The molecule has 0 aliphatic carbocycles. The first-order valence-electron chi connectivity index (χ1n) is 5.08. The molecule has 0 saturated carbocycles. The van der Waals surface area contributed by atoms with E-state index in [9.17, 15) is 4.79 Å². The van der Waals surface area contributed by atoms with Crippen LogP contribution < -0.4 is 14.2 Å². The maximum absolute atomic E-state index is 11.5. The van der Waals surface area contributed by atoms with Gasteiger partial charge in [0.05, 0.1) is 26.9 Å². The molecule has 0 aliphatic rings. The summed E-state index contributed by atoms with van der Waals surface area (Å²) in [6, 6.07) is 3.00. The van der Waals surface area contributed by atoms with Crippen LogP contribution in [0.4, 0.5) is 0 Å². The predicted octanol–water partition coefficient (Wildman–Crippen LogP) is 1.50. The average molecular weight is 250 g/mol. The molecule has 0 amide bonds. The van der Waals surface area contributed by atoms with Crippen LogP contribution in [-0.2, 0) is 4.74 Å². The average Bonchev–Trinajstić information content (AvgIpc) is 2.42. The summed E-state index contributed by atoms with van der Waals surface area (Å²) >= 11 is 0. The molecular formula is C13H14O5. The Morgan fingerprint density at radius 2 is 1.89 bits per heavy atom. The van der Waals surface area contributed by atoms with Gasteiger partial charge in [-0.15, -0.1) is 6.42 Å². The predicted molar refractivity (Wildman–Crippen MR) is 65.2 cm³/mol. The quantitative estimate of drug-likeness (QED) is 0.585. The molecule has 96 valence electrons. The number of hydrogen-bond donors (Lipinski definition) is 0. The van der Waals surface area contributed by atoms with Gasteiger partial charge in [-0.1, -0.05) is 5.92 Å². The molecule has 0 fully saturated rings. The van der Waals surface area contributed by atoms with Crippen molar-refractivity contribution in [2.75, 3.05) is 27.9 Å². The molecule has 18 heavy (non-hydrogen) atoms. The van der Waals surface area contributed by atoms with E-state index in [4.69, 9.17) is 20.6 Å². The van der Waals surface area contributed by atoms with Gasteiger partial charge in [0.15, 0.2) is 11.5 Å². The summed E-state index contributed by atoms with van der Waals surface area (Å²) in [5, 5.41) is 0. The lowest BCUT2D eigenvalue weighted by Crippen LogP contribution is -2.05. The van der Waals surface area contributed by atoms with Crippen LogP contribution in [0.15, 0.2) is 12.1 Å². The third-order valence-electron chi connectivity index (χ3n) is 2.18. The lowest BCUT2D eigenvalue weighted by molar-refractivity contribution is 0.0599. The Hall–Kier alpha value is -2.35. The normalized spacial score (nSPS) is 9.22. The highest BCUT2D eigenvalue weighted by Gasteiger charge is 2.17. The number of hydrogen-bond acceptors (Lipinski definition) is 5. The van der Waals surface area contributed by atoms with E-state index >= 15 is 0 Å². The van der Waals surface area contributed by atoms with Gasteiger partial charge in [0.2, 0.25) is 5.75 Å². The summed E-state index contributed by atoms with van der Waals surface area (Å²) in [6.45, 7) is 0.0597. The standard InChI is InChI=1S/C13H14O5/c1-5-6-18-11-8-9(13(14)17-4)7-10(15-2)12(11)16-3/h1,7-8H,6H2,2-4H3. The maximum Gasteiger partial charge on any atom is 0.338 e. The molecule has 0 heterocycles. The number of carbonyl (C=O) groups excluding carboxylic acids is 1. The van der Waals surface area contributed by atoms with E-state index in [1.54, 1.807) is 0 Å². The maximum atomic E-state index is 11.5. The second-order valence-electron chi connectivity index (χ2n) is 3.19. The second kappa shape index (κ2) is 6.40. The zero-order valence-corrected chi connectivity index (χ0v) is 10.5. The van der Waals surface area contributed by atoms with Gasteiger partial charge in [-0.05, 0) is 12.1 Å². The van der Waals surface area contributed by atoms with Crippen LogP contribution in [0.3, 0.4) is 0 Å². The van der Waals surface area contributed by atoms with Crippen molar-refractivity contribution in [1.82, 2.24) is 0 Å². The van der Waals surface area contributed by atoms with Crippen LogP contribution in [0.1, 0.15) is 10.4 Å². The van der Waals surface area contributed by atoms with E-state index in [1.807, 2.05) is 0 Å². The van der Waals surface area contributed by atoms with Crippen LogP contribution in [0.5, 0.6) is 17.2 Å². The summed E-state index contributed by atoms with van der Waals surface area (Å²) < 4.78 is 20.2. The minimum Gasteiger partial charge on any atom is -0.493 e. The topological polar surface area (TPSA) is 54.0 Å². The van der Waals surface area contributed by atoms with Gasteiger partial charge in [-0.3, -0.25) is 0 Å². The molecule has 1 aromatic carbocycles. The van der Waals surface area contributed by atoms with Crippen LogP contribution in [0, 0.1) is 12.3 Å². The molecule has 0 N–H and O–H groups in total. The molecule has 0 aliphatic heterocycles. The molecule has 5 nitrogen and oxygen atoms in total. The summed E-state index contributed by atoms with van der Waals surface area (Å²) in [4.78, 5) is 11.5. The number of benzene rings is 1. The Morgan fingerprint density at radius 1 is 1.22 bits per heavy atom. The summed E-state index contributed by atoms with van der Waals surface area (Å²) in [7, 11) is 4.23. The van der Waals surface area contributed by atoms with Gasteiger partial charge in [-0.25, -0.2) is 4.79 Å². The van der Waals surface area contributed by atoms with E-state index in [0.29, 0.717) is 22.8 Å². The van der Waals surface area contributed by atoms with E-state index in [2.05, 4.69) is 10.7 Å². The molecule has 0 saturated heterocycles. The monoisotopic (exact) mass is 250 g/mol. The molecule has 0 atom stereocenters. The van der Waals surface area contributed by atoms with Crippen molar-refractivity contribution in [3.8, 4) is 29.6 Å². The number of carbonyl (C=O) groups is 1. The SMILES string of the molecule is C#CCOc1cc(C(=O)OC)cc(OC)c1OC. The van der Waals surface area contributed by atoms with Crippen molar-refractivity contribution >= 4 is 5.97 Å². The largest absolute Gasteiger partial charge is 0.493 e. The fourth-order valence-corrected chi connectivity index (χ4v) is 1.39. The highest BCUT2D eigenvalue weighted by atomic mass is 16.5. The molecule has 0 bridgehead atoms. The highest BCUT2D eigenvalue weighted by Crippen LogP contribution is 2.38. The van der Waals surface area contributed by atoms with E-state index in [0.717, 1.165) is 0 Å². The number of ether oxygens (including phenoxy) is 4. The molecule has 1 aromatic rings. The Morgan fingerprint density at radius 3 is 2.39 bits per heavy atom. The van der Waals surface area contributed by atoms with Crippen molar-refractivity contribution in [3.63, 3.8) is 0 Å².